The molecule has 0 aliphatic heterocycles. The van der Waals surface area contributed by atoms with E-state index in [1.54, 1.807) is 26.8 Å². The van der Waals surface area contributed by atoms with Gasteiger partial charge in [-0.3, -0.25) is 0 Å². The standard InChI is InChI=1S/C21H29F3O4S/c1-8-27-20(21(22,23)24,28-19(5,6)7)17(14-15-18(2,3)4)29(25,26)16-12-10-9-11-13-16/h9-13,15H,8H2,1-7H3. The molecule has 0 bridgehead atoms. The Bertz CT molecular complexity index is 854. The maximum Gasteiger partial charge on any atom is 0.449 e. The van der Waals surface area contributed by atoms with Crippen LogP contribution in [0.2, 0.25) is 0 Å². The predicted molar refractivity (Wildman–Crippen MR) is 106 cm³/mol. The van der Waals surface area contributed by atoms with E-state index in [1.807, 2.05) is 0 Å². The molecule has 0 amide bonds. The molecule has 1 rings (SSSR count). The van der Waals surface area contributed by atoms with E-state index in [0.717, 1.165) is 0 Å². The van der Waals surface area contributed by atoms with Crippen molar-refractivity contribution in [1.82, 2.24) is 0 Å². The van der Waals surface area contributed by atoms with E-state index in [9.17, 15) is 21.6 Å². The van der Waals surface area contributed by atoms with Gasteiger partial charge in [0.2, 0.25) is 9.84 Å². The van der Waals surface area contributed by atoms with Crippen LogP contribution in [0.15, 0.2) is 51.9 Å². The number of hydrogen-bond donors (Lipinski definition) is 0. The lowest BCUT2D eigenvalue weighted by atomic mass is 9.97. The van der Waals surface area contributed by atoms with Gasteiger partial charge < -0.3 is 9.47 Å². The molecule has 1 unspecified atom stereocenters. The van der Waals surface area contributed by atoms with Crippen LogP contribution in [0.3, 0.4) is 0 Å². The SMILES string of the molecule is CCOC(OC(C)(C)C)(C(=C=CC(C)(C)C)S(=O)(=O)c1ccccc1)C(F)(F)F. The Hall–Kier alpha value is -1.60. The van der Waals surface area contributed by atoms with E-state index < -0.39 is 44.3 Å². The summed E-state index contributed by atoms with van der Waals surface area (Å²) >= 11 is 0. The molecule has 0 radical (unpaired) electrons. The summed E-state index contributed by atoms with van der Waals surface area (Å²) in [6.07, 6.45) is -3.92. The Balaban J connectivity index is 4.05. The summed E-state index contributed by atoms with van der Waals surface area (Å²) in [5, 5.41) is 0. The first-order valence-electron chi connectivity index (χ1n) is 9.15. The number of benzene rings is 1. The van der Waals surface area contributed by atoms with E-state index in [4.69, 9.17) is 9.47 Å². The highest BCUT2D eigenvalue weighted by Crippen LogP contribution is 2.46. The summed E-state index contributed by atoms with van der Waals surface area (Å²) in [4.78, 5) is -1.44. The number of rotatable bonds is 6. The molecular formula is C21H29F3O4S. The van der Waals surface area contributed by atoms with Crippen LogP contribution in [0.25, 0.3) is 0 Å². The molecule has 0 aromatic heterocycles. The molecule has 0 aliphatic carbocycles. The third kappa shape index (κ3) is 6.44. The molecule has 0 saturated heterocycles. The van der Waals surface area contributed by atoms with Crippen molar-refractivity contribution in [3.63, 3.8) is 0 Å². The first-order valence-corrected chi connectivity index (χ1v) is 10.6. The van der Waals surface area contributed by atoms with Gasteiger partial charge in [-0.25, -0.2) is 8.42 Å². The predicted octanol–water partition coefficient (Wildman–Crippen LogP) is 5.66. The Morgan fingerprint density at radius 3 is 1.93 bits per heavy atom. The van der Waals surface area contributed by atoms with Gasteiger partial charge in [-0.1, -0.05) is 39.0 Å². The van der Waals surface area contributed by atoms with Crippen molar-refractivity contribution >= 4 is 9.84 Å². The van der Waals surface area contributed by atoms with Gasteiger partial charge in [-0.2, -0.15) is 13.2 Å². The number of hydrogen-bond acceptors (Lipinski definition) is 4. The fourth-order valence-corrected chi connectivity index (χ4v) is 3.93. The second-order valence-corrected chi connectivity index (χ2v) is 10.4. The van der Waals surface area contributed by atoms with Gasteiger partial charge in [0, 0.05) is 6.61 Å². The molecule has 1 aromatic carbocycles. The third-order valence-corrected chi connectivity index (χ3v) is 5.24. The van der Waals surface area contributed by atoms with Gasteiger partial charge in [0.25, 0.3) is 0 Å². The summed E-state index contributed by atoms with van der Waals surface area (Å²) in [5.41, 5.74) is 0.381. The second kappa shape index (κ2) is 8.64. The average Bonchev–Trinajstić information content (AvgIpc) is 2.52. The summed E-state index contributed by atoms with van der Waals surface area (Å²) in [5.74, 6) is -3.52. The quantitative estimate of drug-likeness (QED) is 0.429. The van der Waals surface area contributed by atoms with E-state index >= 15 is 0 Å². The number of halogens is 3. The molecule has 0 spiro atoms. The van der Waals surface area contributed by atoms with Gasteiger partial charge in [-0.05, 0) is 51.3 Å². The molecule has 0 fully saturated rings. The minimum Gasteiger partial charge on any atom is -0.338 e. The van der Waals surface area contributed by atoms with Gasteiger partial charge in [-0.15, -0.1) is 5.73 Å². The van der Waals surface area contributed by atoms with Crippen molar-refractivity contribution in [2.75, 3.05) is 6.61 Å². The van der Waals surface area contributed by atoms with E-state index in [0.29, 0.717) is 0 Å². The summed E-state index contributed by atoms with van der Waals surface area (Å²) in [6.45, 7) is 10.2. The molecule has 4 nitrogen and oxygen atoms in total. The monoisotopic (exact) mass is 434 g/mol. The minimum atomic E-state index is -5.19. The highest BCUT2D eigenvalue weighted by Gasteiger charge is 2.65. The lowest BCUT2D eigenvalue weighted by Gasteiger charge is -2.40. The molecule has 0 aliphatic rings. The fourth-order valence-electron chi connectivity index (χ4n) is 2.39. The van der Waals surface area contributed by atoms with Gasteiger partial charge in [0.15, 0.2) is 4.91 Å². The normalized spacial score (nSPS) is 15.4. The van der Waals surface area contributed by atoms with Gasteiger partial charge in [0.05, 0.1) is 10.5 Å². The molecule has 0 heterocycles. The maximum absolute atomic E-state index is 14.4. The van der Waals surface area contributed by atoms with Crippen LogP contribution in [0.5, 0.6) is 0 Å². The Labute approximate surface area is 171 Å². The van der Waals surface area contributed by atoms with Crippen LogP contribution in [0, 0.1) is 5.41 Å². The van der Waals surface area contributed by atoms with Crippen molar-refractivity contribution in [2.45, 2.75) is 70.9 Å². The van der Waals surface area contributed by atoms with Crippen molar-refractivity contribution in [3.8, 4) is 0 Å². The molecule has 164 valence electrons. The van der Waals surface area contributed by atoms with Crippen molar-refractivity contribution in [1.29, 1.82) is 0 Å². The van der Waals surface area contributed by atoms with Crippen molar-refractivity contribution in [2.24, 2.45) is 5.41 Å². The molecule has 1 aromatic rings. The first kappa shape index (κ1) is 25.4. The summed E-state index contributed by atoms with van der Waals surface area (Å²) < 4.78 is 80.3. The fraction of sp³-hybridized carbons (Fsp3) is 0.571. The van der Waals surface area contributed by atoms with Crippen molar-refractivity contribution in [3.05, 3.63) is 47.0 Å². The smallest absolute Gasteiger partial charge is 0.338 e. The zero-order valence-electron chi connectivity index (χ0n) is 17.8. The zero-order chi connectivity index (χ0) is 22.7. The molecule has 29 heavy (non-hydrogen) atoms. The van der Waals surface area contributed by atoms with Crippen LogP contribution in [0.1, 0.15) is 48.5 Å². The topological polar surface area (TPSA) is 52.6 Å². The second-order valence-electron chi connectivity index (χ2n) is 8.56. The number of ether oxygens (including phenoxy) is 2. The first-order chi connectivity index (χ1) is 13.0. The van der Waals surface area contributed by atoms with Gasteiger partial charge >= 0.3 is 12.0 Å². The lowest BCUT2D eigenvalue weighted by molar-refractivity contribution is -0.379. The van der Waals surface area contributed by atoms with E-state index in [2.05, 4.69) is 5.73 Å². The molecule has 1 atom stereocenters. The minimum absolute atomic E-state index is 0.310. The lowest BCUT2D eigenvalue weighted by Crippen LogP contribution is -2.56. The summed E-state index contributed by atoms with van der Waals surface area (Å²) in [7, 11) is -4.65. The molecular weight excluding hydrogens is 405 g/mol. The number of alkyl halides is 3. The Kier molecular flexibility index (Phi) is 7.58. The maximum atomic E-state index is 14.4. The van der Waals surface area contributed by atoms with E-state index in [-0.39, 0.29) is 4.90 Å². The van der Waals surface area contributed by atoms with Crippen LogP contribution in [-0.4, -0.2) is 32.6 Å². The van der Waals surface area contributed by atoms with Crippen LogP contribution >= 0.6 is 0 Å². The zero-order valence-corrected chi connectivity index (χ0v) is 18.7. The van der Waals surface area contributed by atoms with Crippen molar-refractivity contribution < 1.29 is 31.1 Å². The number of sulfone groups is 1. The summed E-state index contributed by atoms with van der Waals surface area (Å²) in [6, 6.07) is 6.87. The molecule has 8 heteroatoms. The van der Waals surface area contributed by atoms with Gasteiger partial charge in [0.1, 0.15) is 0 Å². The Morgan fingerprint density at radius 1 is 1.03 bits per heavy atom. The highest BCUT2D eigenvalue weighted by molar-refractivity contribution is 7.95. The van der Waals surface area contributed by atoms with Crippen LogP contribution in [0.4, 0.5) is 13.2 Å². The Morgan fingerprint density at radius 2 is 1.55 bits per heavy atom. The molecule has 0 saturated carbocycles. The van der Waals surface area contributed by atoms with Crippen LogP contribution in [-0.2, 0) is 19.3 Å². The van der Waals surface area contributed by atoms with Crippen LogP contribution < -0.4 is 0 Å². The largest absolute Gasteiger partial charge is 0.449 e. The third-order valence-electron chi connectivity index (χ3n) is 3.43. The average molecular weight is 435 g/mol. The molecule has 0 N–H and O–H groups in total. The van der Waals surface area contributed by atoms with E-state index in [1.165, 1.54) is 58.0 Å². The highest BCUT2D eigenvalue weighted by atomic mass is 32.2.